The van der Waals surface area contributed by atoms with Crippen LogP contribution in [0.15, 0.2) is 66.7 Å². The molecule has 0 amide bonds. The molecule has 166 valence electrons. The molecule has 0 radical (unpaired) electrons. The van der Waals surface area contributed by atoms with Gasteiger partial charge in [-0.25, -0.2) is 4.79 Å². The van der Waals surface area contributed by atoms with Gasteiger partial charge in [0.25, 0.3) is 0 Å². The van der Waals surface area contributed by atoms with Crippen LogP contribution >= 0.6 is 0 Å². The molecule has 2 aromatic carbocycles. The molecule has 1 fully saturated rings. The summed E-state index contributed by atoms with van der Waals surface area (Å²) in [6.45, 7) is -0.115. The molecule has 31 heavy (non-hydrogen) atoms. The number of methoxy groups -OCH3 is 1. The van der Waals surface area contributed by atoms with E-state index in [-0.39, 0.29) is 0 Å². The van der Waals surface area contributed by atoms with Crippen molar-refractivity contribution in [3.63, 3.8) is 0 Å². The summed E-state index contributed by atoms with van der Waals surface area (Å²) in [5, 5.41) is 20.4. The SMILES string of the molecule is COC1C(O)[C@H](OCCc2ccccc2)OC(CO)[C@@H]1OC(=O)/C=C/c1ccccc1. The molecule has 7 nitrogen and oxygen atoms in total. The summed E-state index contributed by atoms with van der Waals surface area (Å²) < 4.78 is 22.2. The standard InChI is InChI=1S/C24H28O7/c1-28-23-21(27)24(29-15-14-18-10-6-3-7-11-18)30-19(16-25)22(23)31-20(26)13-12-17-8-4-2-5-9-17/h2-13,19,21-25,27H,14-16H2,1H3/b13-12+/t19?,21?,22-,23?,24+/m0/s1. The van der Waals surface area contributed by atoms with Gasteiger partial charge in [-0.3, -0.25) is 0 Å². The number of ether oxygens (including phenoxy) is 4. The highest BCUT2D eigenvalue weighted by molar-refractivity contribution is 5.87. The molecule has 1 aliphatic heterocycles. The molecule has 0 aliphatic carbocycles. The van der Waals surface area contributed by atoms with Crippen molar-refractivity contribution in [3.8, 4) is 0 Å². The average molecular weight is 428 g/mol. The first-order chi connectivity index (χ1) is 15.1. The molecule has 0 aromatic heterocycles. The van der Waals surface area contributed by atoms with Crippen molar-refractivity contribution in [1.29, 1.82) is 0 Å². The molecule has 0 saturated carbocycles. The van der Waals surface area contributed by atoms with Crippen LogP contribution in [0.4, 0.5) is 0 Å². The minimum absolute atomic E-state index is 0.310. The van der Waals surface area contributed by atoms with Crippen LogP contribution in [0.3, 0.4) is 0 Å². The number of hydrogen-bond donors (Lipinski definition) is 2. The maximum Gasteiger partial charge on any atom is 0.331 e. The third kappa shape index (κ3) is 6.46. The zero-order valence-electron chi connectivity index (χ0n) is 17.4. The van der Waals surface area contributed by atoms with Crippen molar-refractivity contribution in [2.75, 3.05) is 20.3 Å². The molecular weight excluding hydrogens is 400 g/mol. The van der Waals surface area contributed by atoms with Gasteiger partial charge in [0.15, 0.2) is 12.4 Å². The maximum absolute atomic E-state index is 12.3. The van der Waals surface area contributed by atoms with Gasteiger partial charge in [-0.2, -0.15) is 0 Å². The van der Waals surface area contributed by atoms with Gasteiger partial charge < -0.3 is 29.2 Å². The van der Waals surface area contributed by atoms with E-state index >= 15 is 0 Å². The van der Waals surface area contributed by atoms with Crippen molar-refractivity contribution >= 4 is 12.0 Å². The summed E-state index contributed by atoms with van der Waals surface area (Å²) in [5.74, 6) is -0.631. The van der Waals surface area contributed by atoms with Crippen molar-refractivity contribution in [3.05, 3.63) is 77.9 Å². The predicted octanol–water partition coefficient (Wildman–Crippen LogP) is 1.96. The Bertz CT molecular complexity index is 824. The number of benzene rings is 2. The Morgan fingerprint density at radius 3 is 2.39 bits per heavy atom. The van der Waals surface area contributed by atoms with Gasteiger partial charge in [-0.15, -0.1) is 0 Å². The zero-order valence-corrected chi connectivity index (χ0v) is 17.4. The van der Waals surface area contributed by atoms with E-state index in [0.29, 0.717) is 13.0 Å². The molecule has 1 heterocycles. The average Bonchev–Trinajstić information content (AvgIpc) is 2.80. The second kappa shape index (κ2) is 11.7. The van der Waals surface area contributed by atoms with E-state index in [0.717, 1.165) is 11.1 Å². The van der Waals surface area contributed by atoms with Gasteiger partial charge in [-0.05, 0) is 23.6 Å². The van der Waals surface area contributed by atoms with E-state index in [4.69, 9.17) is 18.9 Å². The second-order valence-corrected chi connectivity index (χ2v) is 7.17. The fourth-order valence-electron chi connectivity index (χ4n) is 3.43. The number of aliphatic hydroxyl groups excluding tert-OH is 2. The Morgan fingerprint density at radius 1 is 1.06 bits per heavy atom. The summed E-state index contributed by atoms with van der Waals surface area (Å²) in [4.78, 5) is 12.3. The van der Waals surface area contributed by atoms with E-state index in [1.165, 1.54) is 13.2 Å². The Hall–Kier alpha value is -2.55. The van der Waals surface area contributed by atoms with E-state index in [1.807, 2.05) is 60.7 Å². The van der Waals surface area contributed by atoms with Crippen LogP contribution in [0.25, 0.3) is 6.08 Å². The molecular formula is C24H28O7. The molecule has 0 bridgehead atoms. The first-order valence-corrected chi connectivity index (χ1v) is 10.2. The van der Waals surface area contributed by atoms with Crippen molar-refractivity contribution < 1.29 is 34.0 Å². The number of esters is 1. The lowest BCUT2D eigenvalue weighted by Gasteiger charge is -2.42. The number of carbonyl (C=O) groups excluding carboxylic acids is 1. The van der Waals surface area contributed by atoms with Crippen LogP contribution in [-0.4, -0.2) is 67.2 Å². The normalized spacial score (nSPS) is 26.1. The summed E-state index contributed by atoms with van der Waals surface area (Å²) >= 11 is 0. The highest BCUT2D eigenvalue weighted by Gasteiger charge is 2.48. The topological polar surface area (TPSA) is 94.5 Å². The van der Waals surface area contributed by atoms with Crippen LogP contribution in [0.2, 0.25) is 0 Å². The van der Waals surface area contributed by atoms with Gasteiger partial charge in [0, 0.05) is 13.2 Å². The number of carbonyl (C=O) groups is 1. The summed E-state index contributed by atoms with van der Waals surface area (Å²) in [6.07, 6.45) is -1.48. The number of rotatable bonds is 9. The van der Waals surface area contributed by atoms with Gasteiger partial charge in [0.1, 0.15) is 18.3 Å². The van der Waals surface area contributed by atoms with Gasteiger partial charge in [0.05, 0.1) is 13.2 Å². The Labute approximate surface area is 181 Å². The van der Waals surface area contributed by atoms with Crippen molar-refractivity contribution in [2.24, 2.45) is 0 Å². The molecule has 2 aromatic rings. The highest BCUT2D eigenvalue weighted by Crippen LogP contribution is 2.26. The van der Waals surface area contributed by atoms with Gasteiger partial charge in [0.2, 0.25) is 0 Å². The van der Waals surface area contributed by atoms with Crippen LogP contribution < -0.4 is 0 Å². The number of aliphatic hydroxyl groups is 2. The molecule has 2 N–H and O–H groups in total. The minimum atomic E-state index is -1.19. The summed E-state index contributed by atoms with van der Waals surface area (Å²) in [7, 11) is 1.40. The van der Waals surface area contributed by atoms with E-state index in [9.17, 15) is 15.0 Å². The summed E-state index contributed by atoms with van der Waals surface area (Å²) in [5.41, 5.74) is 1.93. The smallest absolute Gasteiger partial charge is 0.331 e. The molecule has 3 rings (SSSR count). The van der Waals surface area contributed by atoms with E-state index in [2.05, 4.69) is 0 Å². The quantitative estimate of drug-likeness (QED) is 0.466. The fourth-order valence-corrected chi connectivity index (χ4v) is 3.43. The first-order valence-electron chi connectivity index (χ1n) is 10.2. The Morgan fingerprint density at radius 2 is 1.74 bits per heavy atom. The van der Waals surface area contributed by atoms with Crippen molar-refractivity contribution in [1.82, 2.24) is 0 Å². The molecule has 0 spiro atoms. The minimum Gasteiger partial charge on any atom is -0.453 e. The van der Waals surface area contributed by atoms with Crippen LogP contribution in [-0.2, 0) is 30.2 Å². The molecule has 7 heteroatoms. The highest BCUT2D eigenvalue weighted by atomic mass is 16.7. The lowest BCUT2D eigenvalue weighted by Crippen LogP contribution is -2.61. The van der Waals surface area contributed by atoms with E-state index in [1.54, 1.807) is 6.08 Å². The zero-order chi connectivity index (χ0) is 22.1. The first kappa shape index (κ1) is 23.1. The molecule has 5 atom stereocenters. The van der Waals surface area contributed by atoms with Gasteiger partial charge in [-0.1, -0.05) is 60.7 Å². The number of hydrogen-bond acceptors (Lipinski definition) is 7. The van der Waals surface area contributed by atoms with Crippen LogP contribution in [0, 0.1) is 0 Å². The van der Waals surface area contributed by atoms with Crippen LogP contribution in [0.5, 0.6) is 0 Å². The van der Waals surface area contributed by atoms with Crippen molar-refractivity contribution in [2.45, 2.75) is 37.1 Å². The lowest BCUT2D eigenvalue weighted by molar-refractivity contribution is -0.305. The molecule has 1 saturated heterocycles. The van der Waals surface area contributed by atoms with E-state index < -0.39 is 43.3 Å². The predicted molar refractivity (Wildman–Crippen MR) is 114 cm³/mol. The maximum atomic E-state index is 12.3. The Kier molecular flexibility index (Phi) is 8.75. The van der Waals surface area contributed by atoms with Gasteiger partial charge >= 0.3 is 5.97 Å². The molecule has 1 aliphatic rings. The largest absolute Gasteiger partial charge is 0.453 e. The second-order valence-electron chi connectivity index (χ2n) is 7.17. The Balaban J connectivity index is 1.59. The molecule has 3 unspecified atom stereocenters. The monoisotopic (exact) mass is 428 g/mol. The fraction of sp³-hybridized carbons (Fsp3) is 0.375. The lowest BCUT2D eigenvalue weighted by atomic mass is 9.98. The third-order valence-electron chi connectivity index (χ3n) is 5.05. The third-order valence-corrected chi connectivity index (χ3v) is 5.05. The summed E-state index contributed by atoms with van der Waals surface area (Å²) in [6, 6.07) is 19.1. The van der Waals surface area contributed by atoms with Crippen LogP contribution in [0.1, 0.15) is 11.1 Å².